The van der Waals surface area contributed by atoms with Crippen molar-refractivity contribution in [3.8, 4) is 0 Å². The average Bonchev–Trinajstić information content (AvgIpc) is 2.27. The Morgan fingerprint density at radius 2 is 2.42 bits per heavy atom. The van der Waals surface area contributed by atoms with Gasteiger partial charge in [-0.05, 0) is 26.7 Å². The molecule has 0 unspecified atom stereocenters. The fourth-order valence-electron chi connectivity index (χ4n) is 2.23. The van der Waals surface area contributed by atoms with E-state index in [1.807, 2.05) is 6.92 Å². The Morgan fingerprint density at radius 1 is 1.67 bits per heavy atom. The molecule has 3 atom stereocenters. The van der Waals surface area contributed by atoms with Crippen LogP contribution in [-0.4, -0.2) is 23.4 Å². The van der Waals surface area contributed by atoms with Crippen molar-refractivity contribution in [2.75, 3.05) is 6.61 Å². The minimum atomic E-state index is -0.595. The molecular weight excluding hydrogens is 152 g/mol. The van der Waals surface area contributed by atoms with Gasteiger partial charge in [0, 0.05) is 5.92 Å². The predicted molar refractivity (Wildman–Crippen MR) is 46.8 cm³/mol. The van der Waals surface area contributed by atoms with E-state index in [9.17, 15) is 5.11 Å². The zero-order chi connectivity index (χ0) is 8.77. The van der Waals surface area contributed by atoms with E-state index in [1.54, 1.807) is 0 Å². The van der Waals surface area contributed by atoms with Crippen molar-refractivity contribution in [3.05, 3.63) is 11.6 Å². The van der Waals surface area contributed by atoms with Crippen molar-refractivity contribution in [1.82, 2.24) is 0 Å². The highest BCUT2D eigenvalue weighted by atomic mass is 16.5. The Hall–Kier alpha value is -0.340. The molecule has 2 heteroatoms. The molecule has 1 saturated heterocycles. The average molecular weight is 168 g/mol. The molecule has 0 bridgehead atoms. The predicted octanol–water partition coefficient (Wildman–Crippen LogP) is 1.49. The summed E-state index contributed by atoms with van der Waals surface area (Å²) in [7, 11) is 0. The first-order chi connectivity index (χ1) is 5.59. The Morgan fingerprint density at radius 3 is 3.17 bits per heavy atom. The van der Waals surface area contributed by atoms with Gasteiger partial charge in [0.05, 0.1) is 18.3 Å². The molecule has 0 amide bonds. The van der Waals surface area contributed by atoms with Crippen molar-refractivity contribution in [3.63, 3.8) is 0 Å². The van der Waals surface area contributed by atoms with Crippen LogP contribution in [0.3, 0.4) is 0 Å². The Balaban J connectivity index is 2.20. The third-order valence-corrected chi connectivity index (χ3v) is 3.06. The van der Waals surface area contributed by atoms with E-state index in [2.05, 4.69) is 13.0 Å². The zero-order valence-electron chi connectivity index (χ0n) is 7.71. The molecule has 68 valence electrons. The minimum absolute atomic E-state index is 0.175. The van der Waals surface area contributed by atoms with E-state index in [4.69, 9.17) is 4.74 Å². The van der Waals surface area contributed by atoms with E-state index in [1.165, 1.54) is 5.57 Å². The van der Waals surface area contributed by atoms with E-state index in [-0.39, 0.29) is 6.10 Å². The summed E-state index contributed by atoms with van der Waals surface area (Å²) in [6.45, 7) is 4.50. The largest absolute Gasteiger partial charge is 0.387 e. The molecule has 2 aliphatic rings. The van der Waals surface area contributed by atoms with E-state index >= 15 is 0 Å². The second-order valence-electron chi connectivity index (χ2n) is 4.29. The number of fused-ring (bicyclic) bond motifs is 1. The van der Waals surface area contributed by atoms with Crippen LogP contribution in [0, 0.1) is 5.92 Å². The zero-order valence-corrected chi connectivity index (χ0v) is 7.71. The molecule has 0 spiro atoms. The molecule has 1 aliphatic heterocycles. The molecule has 0 aromatic heterocycles. The summed E-state index contributed by atoms with van der Waals surface area (Å²) >= 11 is 0. The lowest BCUT2D eigenvalue weighted by Gasteiger charge is -2.29. The van der Waals surface area contributed by atoms with Crippen molar-refractivity contribution < 1.29 is 9.84 Å². The third kappa shape index (κ3) is 1.19. The van der Waals surface area contributed by atoms with Crippen LogP contribution in [-0.2, 0) is 4.74 Å². The summed E-state index contributed by atoms with van der Waals surface area (Å²) in [6.07, 6.45) is 4.52. The van der Waals surface area contributed by atoms with Crippen LogP contribution in [0.25, 0.3) is 0 Å². The van der Waals surface area contributed by atoms with Gasteiger partial charge in [0.1, 0.15) is 0 Å². The lowest BCUT2D eigenvalue weighted by molar-refractivity contribution is 0.0169. The first-order valence-corrected chi connectivity index (χ1v) is 4.61. The fraction of sp³-hybridized carbons (Fsp3) is 0.800. The molecule has 0 saturated carbocycles. The number of allylic oxidation sites excluding steroid dienone is 1. The summed E-state index contributed by atoms with van der Waals surface area (Å²) < 4.78 is 5.52. The maximum absolute atomic E-state index is 9.92. The molecule has 1 aliphatic carbocycles. The molecule has 2 rings (SSSR count). The quantitative estimate of drug-likeness (QED) is 0.555. The van der Waals surface area contributed by atoms with Gasteiger partial charge >= 0.3 is 0 Å². The summed E-state index contributed by atoms with van der Waals surface area (Å²) in [4.78, 5) is 0. The Bertz CT molecular complexity index is 218. The first kappa shape index (κ1) is 8.27. The van der Waals surface area contributed by atoms with Crippen LogP contribution in [0.2, 0.25) is 0 Å². The van der Waals surface area contributed by atoms with Crippen LogP contribution < -0.4 is 0 Å². The summed E-state index contributed by atoms with van der Waals surface area (Å²) in [5, 5.41) is 9.92. The van der Waals surface area contributed by atoms with Gasteiger partial charge in [-0.1, -0.05) is 11.6 Å². The smallest absolute Gasteiger partial charge is 0.0908 e. The van der Waals surface area contributed by atoms with Gasteiger partial charge in [0.25, 0.3) is 0 Å². The van der Waals surface area contributed by atoms with Gasteiger partial charge in [-0.25, -0.2) is 0 Å². The highest BCUT2D eigenvalue weighted by Crippen LogP contribution is 2.39. The van der Waals surface area contributed by atoms with E-state index in [0.29, 0.717) is 12.5 Å². The molecule has 0 radical (unpaired) electrons. The first-order valence-electron chi connectivity index (χ1n) is 4.61. The number of rotatable bonds is 0. The van der Waals surface area contributed by atoms with Crippen molar-refractivity contribution in [1.29, 1.82) is 0 Å². The van der Waals surface area contributed by atoms with Crippen molar-refractivity contribution in [2.24, 2.45) is 5.92 Å². The van der Waals surface area contributed by atoms with Gasteiger partial charge in [-0.15, -0.1) is 0 Å². The van der Waals surface area contributed by atoms with Crippen LogP contribution in [0.4, 0.5) is 0 Å². The number of hydrogen-bond donors (Lipinski definition) is 1. The Labute approximate surface area is 73.2 Å². The molecule has 0 aromatic carbocycles. The van der Waals surface area contributed by atoms with Crippen LogP contribution in [0.5, 0.6) is 0 Å². The lowest BCUT2D eigenvalue weighted by Crippen LogP contribution is -2.36. The normalized spacial score (nSPS) is 47.1. The van der Waals surface area contributed by atoms with Gasteiger partial charge in [0.2, 0.25) is 0 Å². The lowest BCUT2D eigenvalue weighted by atomic mass is 9.79. The molecule has 2 nitrogen and oxygen atoms in total. The fourth-order valence-corrected chi connectivity index (χ4v) is 2.23. The van der Waals surface area contributed by atoms with Gasteiger partial charge in [0.15, 0.2) is 0 Å². The molecule has 0 aromatic rings. The highest BCUT2D eigenvalue weighted by Gasteiger charge is 2.44. The monoisotopic (exact) mass is 168 g/mol. The highest BCUT2D eigenvalue weighted by molar-refractivity contribution is 5.13. The summed E-state index contributed by atoms with van der Waals surface area (Å²) in [6, 6.07) is 0. The number of aliphatic hydroxyl groups is 1. The minimum Gasteiger partial charge on any atom is -0.387 e. The van der Waals surface area contributed by atoms with Crippen LogP contribution in [0.15, 0.2) is 11.6 Å². The number of ether oxygens (including phenoxy) is 1. The Kier molecular flexibility index (Phi) is 1.77. The molecule has 12 heavy (non-hydrogen) atoms. The second kappa shape index (κ2) is 2.57. The molecule has 1 fully saturated rings. The maximum atomic E-state index is 9.92. The van der Waals surface area contributed by atoms with Gasteiger partial charge in [-0.2, -0.15) is 0 Å². The summed E-state index contributed by atoms with van der Waals surface area (Å²) in [5.41, 5.74) is 0.802. The molecule has 1 heterocycles. The van der Waals surface area contributed by atoms with E-state index in [0.717, 1.165) is 12.8 Å². The standard InChI is InChI=1S/C10H16O2/c1-7-3-4-8-9(5-7)12-6-10(8,2)11/h5,8-9,11H,3-4,6H2,1-2H3/t8-,9+,10+/m1/s1. The third-order valence-electron chi connectivity index (χ3n) is 3.06. The van der Waals surface area contributed by atoms with E-state index < -0.39 is 5.60 Å². The molecular formula is C10H16O2. The second-order valence-corrected chi connectivity index (χ2v) is 4.29. The maximum Gasteiger partial charge on any atom is 0.0908 e. The van der Waals surface area contributed by atoms with Crippen LogP contribution >= 0.6 is 0 Å². The van der Waals surface area contributed by atoms with Crippen molar-refractivity contribution >= 4 is 0 Å². The van der Waals surface area contributed by atoms with Crippen LogP contribution in [0.1, 0.15) is 26.7 Å². The summed E-state index contributed by atoms with van der Waals surface area (Å²) in [5.74, 6) is 0.321. The topological polar surface area (TPSA) is 29.5 Å². The van der Waals surface area contributed by atoms with Gasteiger partial charge < -0.3 is 9.84 Å². The number of hydrogen-bond acceptors (Lipinski definition) is 2. The molecule has 1 N–H and O–H groups in total. The van der Waals surface area contributed by atoms with Crippen molar-refractivity contribution in [2.45, 2.75) is 38.4 Å². The van der Waals surface area contributed by atoms with Gasteiger partial charge in [-0.3, -0.25) is 0 Å². The SMILES string of the molecule is CC1=C[C@@H]2OC[C@](C)(O)[C@@H]2CC1.